The van der Waals surface area contributed by atoms with Gasteiger partial charge in [-0.2, -0.15) is 0 Å². The Labute approximate surface area is 84.2 Å². The average Bonchev–Trinajstić information content (AvgIpc) is 2.58. The van der Waals surface area contributed by atoms with Crippen LogP contribution in [0.5, 0.6) is 0 Å². The lowest BCUT2D eigenvalue weighted by Gasteiger charge is -2.14. The van der Waals surface area contributed by atoms with Crippen LogP contribution in [0.4, 0.5) is 0 Å². The Morgan fingerprint density at radius 1 is 1.71 bits per heavy atom. The van der Waals surface area contributed by atoms with Crippen LogP contribution < -0.4 is 5.32 Å². The number of aliphatic hydroxyl groups is 1. The molecule has 3 nitrogen and oxygen atoms in total. The van der Waals surface area contributed by atoms with E-state index in [1.54, 1.807) is 6.92 Å². The van der Waals surface area contributed by atoms with Crippen molar-refractivity contribution < 1.29 is 5.11 Å². The van der Waals surface area contributed by atoms with Crippen molar-refractivity contribution in [3.05, 3.63) is 29.6 Å². The molecule has 0 radical (unpaired) electrons. The van der Waals surface area contributed by atoms with Crippen LogP contribution >= 0.6 is 0 Å². The number of hydrogen-bond donors (Lipinski definition) is 2. The van der Waals surface area contributed by atoms with Gasteiger partial charge in [0.1, 0.15) is 0 Å². The molecule has 2 atom stereocenters. The number of fused-ring (bicyclic) bond motifs is 1. The highest BCUT2D eigenvalue weighted by Crippen LogP contribution is 2.28. The molecule has 2 N–H and O–H groups in total. The molecular formula is C11H16N2O. The van der Waals surface area contributed by atoms with Gasteiger partial charge in [0, 0.05) is 12.7 Å². The smallest absolute Gasteiger partial charge is 0.0636 e. The summed E-state index contributed by atoms with van der Waals surface area (Å²) in [6.07, 6.45) is 3.74. The van der Waals surface area contributed by atoms with Crippen LogP contribution in [0.1, 0.15) is 30.6 Å². The second-order valence-corrected chi connectivity index (χ2v) is 3.90. The van der Waals surface area contributed by atoms with E-state index in [9.17, 15) is 5.11 Å². The van der Waals surface area contributed by atoms with Crippen LogP contribution in [-0.2, 0) is 6.42 Å². The Hall–Kier alpha value is -0.930. The molecule has 0 bridgehead atoms. The molecule has 2 unspecified atom stereocenters. The van der Waals surface area contributed by atoms with Gasteiger partial charge in [-0.1, -0.05) is 6.07 Å². The van der Waals surface area contributed by atoms with Gasteiger partial charge < -0.3 is 10.4 Å². The Balaban J connectivity index is 2.03. The van der Waals surface area contributed by atoms with Gasteiger partial charge in [-0.05, 0) is 31.4 Å². The van der Waals surface area contributed by atoms with Crippen molar-refractivity contribution in [2.75, 3.05) is 6.54 Å². The molecule has 0 saturated carbocycles. The molecule has 0 fully saturated rings. The number of aryl methyl sites for hydroxylation is 1. The number of aliphatic hydroxyl groups excluding tert-OH is 1. The monoisotopic (exact) mass is 192 g/mol. The predicted octanol–water partition coefficient (Wildman–Crippen LogP) is 1.04. The molecule has 2 rings (SSSR count). The second-order valence-electron chi connectivity index (χ2n) is 3.90. The molecule has 3 heteroatoms. The molecule has 76 valence electrons. The van der Waals surface area contributed by atoms with Gasteiger partial charge in [-0.25, -0.2) is 0 Å². The van der Waals surface area contributed by atoms with Crippen LogP contribution in [0.25, 0.3) is 0 Å². The molecule has 1 aliphatic rings. The first kappa shape index (κ1) is 9.62. The fourth-order valence-electron chi connectivity index (χ4n) is 1.92. The number of hydrogen-bond acceptors (Lipinski definition) is 3. The maximum Gasteiger partial charge on any atom is 0.0636 e. The average molecular weight is 192 g/mol. The van der Waals surface area contributed by atoms with Crippen molar-refractivity contribution >= 4 is 0 Å². The molecule has 1 aromatic rings. The largest absolute Gasteiger partial charge is 0.392 e. The third kappa shape index (κ3) is 1.94. The van der Waals surface area contributed by atoms with E-state index in [2.05, 4.69) is 16.4 Å². The Morgan fingerprint density at radius 2 is 2.57 bits per heavy atom. The lowest BCUT2D eigenvalue weighted by atomic mass is 10.2. The molecule has 0 amide bonds. The normalized spacial score (nSPS) is 22.0. The molecular weight excluding hydrogens is 176 g/mol. The molecule has 0 saturated heterocycles. The van der Waals surface area contributed by atoms with Crippen molar-refractivity contribution in [2.45, 2.75) is 31.9 Å². The molecule has 0 aliphatic heterocycles. The summed E-state index contributed by atoms with van der Waals surface area (Å²) in [5.41, 5.74) is 2.50. The highest BCUT2D eigenvalue weighted by molar-refractivity contribution is 5.27. The Bertz CT molecular complexity index is 312. The van der Waals surface area contributed by atoms with E-state index in [-0.39, 0.29) is 6.10 Å². The molecule has 1 aromatic heterocycles. The van der Waals surface area contributed by atoms with E-state index in [1.165, 1.54) is 5.56 Å². The summed E-state index contributed by atoms with van der Waals surface area (Å²) in [5.74, 6) is 0. The van der Waals surface area contributed by atoms with Crippen LogP contribution in [0, 0.1) is 0 Å². The summed E-state index contributed by atoms with van der Waals surface area (Å²) in [4.78, 5) is 4.37. The summed E-state index contributed by atoms with van der Waals surface area (Å²) < 4.78 is 0. The molecule has 1 aliphatic carbocycles. The van der Waals surface area contributed by atoms with E-state index >= 15 is 0 Å². The quantitative estimate of drug-likeness (QED) is 0.752. The summed E-state index contributed by atoms with van der Waals surface area (Å²) in [6, 6.07) is 4.45. The molecule has 0 spiro atoms. The van der Waals surface area contributed by atoms with Crippen molar-refractivity contribution in [1.29, 1.82) is 0 Å². The zero-order valence-electron chi connectivity index (χ0n) is 8.40. The van der Waals surface area contributed by atoms with Gasteiger partial charge >= 0.3 is 0 Å². The number of nitrogens with zero attached hydrogens (tertiary/aromatic N) is 1. The molecule has 1 heterocycles. The summed E-state index contributed by atoms with van der Waals surface area (Å²) in [5, 5.41) is 12.5. The van der Waals surface area contributed by atoms with Crippen LogP contribution in [0.2, 0.25) is 0 Å². The summed E-state index contributed by atoms with van der Waals surface area (Å²) in [7, 11) is 0. The third-order valence-electron chi connectivity index (χ3n) is 2.62. The number of nitrogens with one attached hydrogen (secondary N) is 1. The first-order chi connectivity index (χ1) is 6.77. The van der Waals surface area contributed by atoms with Crippen molar-refractivity contribution in [1.82, 2.24) is 10.3 Å². The van der Waals surface area contributed by atoms with Crippen molar-refractivity contribution in [3.8, 4) is 0 Å². The van der Waals surface area contributed by atoms with Crippen molar-refractivity contribution in [3.63, 3.8) is 0 Å². The topological polar surface area (TPSA) is 45.1 Å². The van der Waals surface area contributed by atoms with E-state index in [0.29, 0.717) is 12.6 Å². The number of rotatable bonds is 3. The van der Waals surface area contributed by atoms with Crippen LogP contribution in [0.15, 0.2) is 18.3 Å². The fourth-order valence-corrected chi connectivity index (χ4v) is 1.92. The first-order valence-electron chi connectivity index (χ1n) is 5.12. The minimum absolute atomic E-state index is 0.289. The van der Waals surface area contributed by atoms with Gasteiger partial charge in [0.15, 0.2) is 0 Å². The second kappa shape index (κ2) is 4.07. The highest BCUT2D eigenvalue weighted by atomic mass is 16.3. The van der Waals surface area contributed by atoms with E-state index in [0.717, 1.165) is 18.5 Å². The minimum Gasteiger partial charge on any atom is -0.392 e. The van der Waals surface area contributed by atoms with Crippen LogP contribution in [0.3, 0.4) is 0 Å². The Kier molecular flexibility index (Phi) is 2.79. The van der Waals surface area contributed by atoms with Crippen molar-refractivity contribution in [2.24, 2.45) is 0 Å². The number of aromatic nitrogens is 1. The first-order valence-corrected chi connectivity index (χ1v) is 5.12. The van der Waals surface area contributed by atoms with Gasteiger partial charge in [0.25, 0.3) is 0 Å². The zero-order valence-corrected chi connectivity index (χ0v) is 8.40. The highest BCUT2D eigenvalue weighted by Gasteiger charge is 2.22. The standard InChI is InChI=1S/C11H16N2O/c1-8(14)7-13-10-5-4-9-3-2-6-12-11(9)10/h2-3,6,8,10,13-14H,4-5,7H2,1H3. The lowest BCUT2D eigenvalue weighted by Crippen LogP contribution is -2.27. The van der Waals surface area contributed by atoms with Gasteiger partial charge in [-0.15, -0.1) is 0 Å². The lowest BCUT2D eigenvalue weighted by molar-refractivity contribution is 0.186. The maximum absolute atomic E-state index is 9.18. The van der Waals surface area contributed by atoms with E-state index < -0.39 is 0 Å². The van der Waals surface area contributed by atoms with Gasteiger partial charge in [0.05, 0.1) is 17.8 Å². The van der Waals surface area contributed by atoms with Crippen LogP contribution in [-0.4, -0.2) is 22.7 Å². The predicted molar refractivity (Wildman–Crippen MR) is 55.0 cm³/mol. The van der Waals surface area contributed by atoms with Gasteiger partial charge in [-0.3, -0.25) is 4.98 Å². The Morgan fingerprint density at radius 3 is 3.36 bits per heavy atom. The van der Waals surface area contributed by atoms with E-state index in [4.69, 9.17) is 0 Å². The molecule has 14 heavy (non-hydrogen) atoms. The fraction of sp³-hybridized carbons (Fsp3) is 0.545. The maximum atomic E-state index is 9.18. The summed E-state index contributed by atoms with van der Waals surface area (Å²) in [6.45, 7) is 2.43. The third-order valence-corrected chi connectivity index (χ3v) is 2.62. The SMILES string of the molecule is CC(O)CNC1CCc2cccnc21. The van der Waals surface area contributed by atoms with E-state index in [1.807, 2.05) is 12.3 Å². The zero-order chi connectivity index (χ0) is 9.97. The van der Waals surface area contributed by atoms with Gasteiger partial charge in [0.2, 0.25) is 0 Å². The number of pyridine rings is 1. The summed E-state index contributed by atoms with van der Waals surface area (Å²) >= 11 is 0. The minimum atomic E-state index is -0.289. The molecule has 0 aromatic carbocycles.